The zero-order valence-electron chi connectivity index (χ0n) is 24.3. The molecule has 1 fully saturated rings. The number of urea groups is 1. The van der Waals surface area contributed by atoms with Crippen LogP contribution in [-0.2, 0) is 11.4 Å². The van der Waals surface area contributed by atoms with E-state index in [0.29, 0.717) is 46.4 Å². The van der Waals surface area contributed by atoms with Crippen molar-refractivity contribution >= 4 is 63.3 Å². The summed E-state index contributed by atoms with van der Waals surface area (Å²) in [6, 6.07) is 19.0. The monoisotopic (exact) mass is 634 g/mol. The molecule has 0 unspecified atom stereocenters. The fourth-order valence-corrected chi connectivity index (χ4v) is 5.43. The molecule has 228 valence electrons. The van der Waals surface area contributed by atoms with Gasteiger partial charge < -0.3 is 30.5 Å². The maximum Gasteiger partial charge on any atom is 0.319 e. The van der Waals surface area contributed by atoms with E-state index in [1.54, 1.807) is 48.3 Å². The van der Waals surface area contributed by atoms with E-state index in [9.17, 15) is 14.4 Å². The van der Waals surface area contributed by atoms with Crippen molar-refractivity contribution in [3.8, 4) is 5.75 Å². The first-order chi connectivity index (χ1) is 21.2. The Hall–Kier alpha value is -4.38. The van der Waals surface area contributed by atoms with Gasteiger partial charge in [0.25, 0.3) is 5.91 Å². The second kappa shape index (κ2) is 13.9. The number of carbonyl (C=O) groups excluding carboxylic acids is 3. The van der Waals surface area contributed by atoms with E-state index in [1.807, 2.05) is 37.3 Å². The molecule has 0 bridgehead atoms. The molecule has 12 heteroatoms. The third-order valence-corrected chi connectivity index (χ3v) is 8.04. The lowest BCUT2D eigenvalue weighted by molar-refractivity contribution is -0.117. The molecule has 1 saturated heterocycles. The Morgan fingerprint density at radius 2 is 1.80 bits per heavy atom. The second-order valence-corrected chi connectivity index (χ2v) is 11.1. The van der Waals surface area contributed by atoms with E-state index >= 15 is 0 Å². The SMILES string of the molecule is Cc1ccc2cccc(OCc3c(Cl)ccc(N(C)C(=O)CNC(=O)Nc4cccc(C(=O)N5CCNCC5)c4)c3Cl)c2n1. The van der Waals surface area contributed by atoms with Crippen LogP contribution in [0.3, 0.4) is 0 Å². The summed E-state index contributed by atoms with van der Waals surface area (Å²) in [6.45, 7) is 4.40. The van der Waals surface area contributed by atoms with Crippen LogP contribution in [0.15, 0.2) is 66.7 Å². The van der Waals surface area contributed by atoms with Crippen molar-refractivity contribution in [2.24, 2.45) is 0 Å². The van der Waals surface area contributed by atoms with Crippen LogP contribution < -0.4 is 25.6 Å². The smallest absolute Gasteiger partial charge is 0.319 e. The lowest BCUT2D eigenvalue weighted by Crippen LogP contribution is -2.46. The Labute approximate surface area is 265 Å². The predicted molar refractivity (Wildman–Crippen MR) is 173 cm³/mol. The summed E-state index contributed by atoms with van der Waals surface area (Å²) in [4.78, 5) is 46.1. The van der Waals surface area contributed by atoms with Gasteiger partial charge in [-0.15, -0.1) is 0 Å². The van der Waals surface area contributed by atoms with Crippen molar-refractivity contribution in [2.45, 2.75) is 13.5 Å². The minimum absolute atomic E-state index is 0.0547. The maximum absolute atomic E-state index is 13.0. The first-order valence-corrected chi connectivity index (χ1v) is 14.8. The lowest BCUT2D eigenvalue weighted by atomic mass is 10.1. The number of rotatable bonds is 8. The molecule has 10 nitrogen and oxygen atoms in total. The number of hydrogen-bond donors (Lipinski definition) is 3. The number of likely N-dealkylation sites (N-methyl/N-ethyl adjacent to an activating group) is 1. The molecule has 1 aromatic heterocycles. The number of aryl methyl sites for hydroxylation is 1. The molecule has 3 aromatic carbocycles. The number of halogens is 2. The quantitative estimate of drug-likeness (QED) is 0.244. The maximum atomic E-state index is 13.0. The molecule has 44 heavy (non-hydrogen) atoms. The van der Waals surface area contributed by atoms with E-state index in [0.717, 1.165) is 29.7 Å². The molecule has 3 N–H and O–H groups in total. The van der Waals surface area contributed by atoms with Crippen LogP contribution in [-0.4, -0.2) is 67.5 Å². The predicted octanol–water partition coefficient (Wildman–Crippen LogP) is 5.26. The van der Waals surface area contributed by atoms with E-state index in [4.69, 9.17) is 27.9 Å². The Morgan fingerprint density at radius 3 is 2.59 bits per heavy atom. The number of nitrogens with one attached hydrogen (secondary N) is 3. The highest BCUT2D eigenvalue weighted by atomic mass is 35.5. The van der Waals surface area contributed by atoms with Gasteiger partial charge in [0.15, 0.2) is 0 Å². The largest absolute Gasteiger partial charge is 0.487 e. The molecule has 1 aliphatic rings. The average Bonchev–Trinajstić information content (AvgIpc) is 3.03. The number of para-hydroxylation sites is 1. The van der Waals surface area contributed by atoms with Crippen LogP contribution in [0.1, 0.15) is 21.6 Å². The lowest BCUT2D eigenvalue weighted by Gasteiger charge is -2.27. The van der Waals surface area contributed by atoms with Crippen LogP contribution >= 0.6 is 23.2 Å². The summed E-state index contributed by atoms with van der Waals surface area (Å²) >= 11 is 13.2. The summed E-state index contributed by atoms with van der Waals surface area (Å²) in [5, 5.41) is 10.0. The van der Waals surface area contributed by atoms with Gasteiger partial charge in [0.1, 0.15) is 17.9 Å². The number of pyridine rings is 1. The number of hydrogen-bond acceptors (Lipinski definition) is 6. The number of ether oxygens (including phenoxy) is 1. The van der Waals surface area contributed by atoms with Gasteiger partial charge in [-0.05, 0) is 49.4 Å². The Morgan fingerprint density at radius 1 is 1.02 bits per heavy atom. The van der Waals surface area contributed by atoms with Crippen LogP contribution in [0, 0.1) is 6.92 Å². The highest BCUT2D eigenvalue weighted by Gasteiger charge is 2.21. The molecular weight excluding hydrogens is 603 g/mol. The van der Waals surface area contributed by atoms with Gasteiger partial charge in [-0.1, -0.05) is 47.5 Å². The molecule has 0 saturated carbocycles. The second-order valence-electron chi connectivity index (χ2n) is 10.3. The fraction of sp³-hybridized carbons (Fsp3) is 0.250. The standard InChI is InChI=1S/C32H32Cl2N6O4/c1-20-9-10-21-5-4-8-27(30(21)37-20)44-19-24-25(33)11-12-26(29(24)34)39(2)28(41)18-36-32(43)38-23-7-3-6-22(17-23)31(42)40-15-13-35-14-16-40/h3-12,17,35H,13-16,18-19H2,1-2H3,(H2,36,38,43). The number of benzene rings is 3. The minimum atomic E-state index is -0.589. The zero-order valence-corrected chi connectivity index (χ0v) is 25.8. The van der Waals surface area contributed by atoms with Gasteiger partial charge in [-0.3, -0.25) is 9.59 Å². The summed E-state index contributed by atoms with van der Waals surface area (Å²) in [5.41, 5.74) is 3.42. The molecule has 0 radical (unpaired) electrons. The van der Waals surface area contributed by atoms with Crippen molar-refractivity contribution in [1.82, 2.24) is 20.5 Å². The van der Waals surface area contributed by atoms with Gasteiger partial charge in [0.2, 0.25) is 5.91 Å². The highest BCUT2D eigenvalue weighted by Crippen LogP contribution is 2.35. The summed E-state index contributed by atoms with van der Waals surface area (Å²) in [6.07, 6.45) is 0. The van der Waals surface area contributed by atoms with Crippen molar-refractivity contribution in [1.29, 1.82) is 0 Å². The number of aromatic nitrogens is 1. The average molecular weight is 636 g/mol. The van der Waals surface area contributed by atoms with Gasteiger partial charge in [0, 0.05) is 66.1 Å². The number of fused-ring (bicyclic) bond motifs is 1. The normalized spacial score (nSPS) is 13.0. The Balaban J connectivity index is 1.20. The van der Waals surface area contributed by atoms with Gasteiger partial charge in [-0.25, -0.2) is 9.78 Å². The van der Waals surface area contributed by atoms with E-state index in [1.165, 1.54) is 4.90 Å². The Bertz CT molecular complexity index is 1710. The van der Waals surface area contributed by atoms with E-state index in [-0.39, 0.29) is 24.1 Å². The van der Waals surface area contributed by atoms with E-state index < -0.39 is 11.9 Å². The zero-order chi connectivity index (χ0) is 31.2. The van der Waals surface area contributed by atoms with Crippen molar-refractivity contribution in [2.75, 3.05) is 50.0 Å². The first-order valence-electron chi connectivity index (χ1n) is 14.1. The molecule has 2 heterocycles. The fourth-order valence-electron chi connectivity index (χ4n) is 4.83. The van der Waals surface area contributed by atoms with Crippen molar-refractivity contribution in [3.05, 3.63) is 93.6 Å². The summed E-state index contributed by atoms with van der Waals surface area (Å²) in [5.74, 6) is 0.0792. The van der Waals surface area contributed by atoms with Crippen molar-refractivity contribution in [3.63, 3.8) is 0 Å². The summed E-state index contributed by atoms with van der Waals surface area (Å²) < 4.78 is 6.08. The molecule has 4 amide bonds. The van der Waals surface area contributed by atoms with Crippen LogP contribution in [0.5, 0.6) is 5.75 Å². The van der Waals surface area contributed by atoms with Gasteiger partial charge in [0.05, 0.1) is 17.3 Å². The number of amides is 4. The molecular formula is C32H32Cl2N6O4. The molecule has 0 aliphatic carbocycles. The molecule has 4 aromatic rings. The van der Waals surface area contributed by atoms with Gasteiger partial charge in [-0.2, -0.15) is 0 Å². The van der Waals surface area contributed by atoms with Crippen LogP contribution in [0.25, 0.3) is 10.9 Å². The third kappa shape index (κ3) is 7.21. The highest BCUT2D eigenvalue weighted by molar-refractivity contribution is 6.38. The van der Waals surface area contributed by atoms with E-state index in [2.05, 4.69) is 20.9 Å². The third-order valence-electron chi connectivity index (χ3n) is 7.27. The number of carbonyl (C=O) groups is 3. The number of nitrogens with zero attached hydrogens (tertiary/aromatic N) is 3. The van der Waals surface area contributed by atoms with Crippen LogP contribution in [0.2, 0.25) is 10.0 Å². The van der Waals surface area contributed by atoms with Crippen LogP contribution in [0.4, 0.5) is 16.2 Å². The topological polar surface area (TPSA) is 116 Å². The number of piperazine rings is 1. The molecule has 0 spiro atoms. The number of anilines is 2. The molecule has 5 rings (SSSR count). The minimum Gasteiger partial charge on any atom is -0.487 e. The summed E-state index contributed by atoms with van der Waals surface area (Å²) in [7, 11) is 1.56. The first kappa shape index (κ1) is 31.1. The van der Waals surface area contributed by atoms with Crippen molar-refractivity contribution < 1.29 is 19.1 Å². The molecule has 0 atom stereocenters. The van der Waals surface area contributed by atoms with Gasteiger partial charge >= 0.3 is 6.03 Å². The molecule has 1 aliphatic heterocycles. The Kier molecular flexibility index (Phi) is 9.84.